The predicted molar refractivity (Wildman–Crippen MR) is 96.9 cm³/mol. The molecule has 0 unspecified atom stereocenters. The summed E-state index contributed by atoms with van der Waals surface area (Å²) in [5.41, 5.74) is 1.98. The van der Waals surface area contributed by atoms with Crippen LogP contribution >= 0.6 is 0 Å². The average molecular weight is 359 g/mol. The third-order valence-electron chi connectivity index (χ3n) is 4.55. The van der Waals surface area contributed by atoms with Crippen LogP contribution in [0.15, 0.2) is 30.3 Å². The van der Waals surface area contributed by atoms with Gasteiger partial charge in [-0.05, 0) is 42.2 Å². The minimum absolute atomic E-state index is 0.116. The van der Waals surface area contributed by atoms with Gasteiger partial charge in [0.2, 0.25) is 11.7 Å². The number of carbonyl (C=O) groups excluding carboxylic acids is 1. The fraction of sp³-hybridized carbons (Fsp3) is 0.350. The topological polar surface area (TPSA) is 48.0 Å². The quantitative estimate of drug-likeness (QED) is 0.821. The maximum atomic E-state index is 14.3. The van der Waals surface area contributed by atoms with E-state index in [4.69, 9.17) is 14.2 Å². The number of hydrogen-bond donors (Lipinski definition) is 0. The van der Waals surface area contributed by atoms with E-state index in [-0.39, 0.29) is 18.1 Å². The lowest BCUT2D eigenvalue weighted by atomic mass is 10.00. The number of methoxy groups -OCH3 is 3. The zero-order valence-electron chi connectivity index (χ0n) is 15.2. The highest BCUT2D eigenvalue weighted by Crippen LogP contribution is 2.38. The van der Waals surface area contributed by atoms with Crippen molar-refractivity contribution >= 4 is 11.6 Å². The molecular formula is C20H22FNO4. The molecule has 0 aliphatic carbocycles. The van der Waals surface area contributed by atoms with Gasteiger partial charge in [0.1, 0.15) is 5.82 Å². The fourth-order valence-electron chi connectivity index (χ4n) is 3.36. The van der Waals surface area contributed by atoms with Gasteiger partial charge in [-0.1, -0.05) is 12.1 Å². The molecule has 6 heteroatoms. The molecule has 0 radical (unpaired) electrons. The van der Waals surface area contributed by atoms with Crippen LogP contribution in [0.5, 0.6) is 17.2 Å². The van der Waals surface area contributed by atoms with E-state index in [0.29, 0.717) is 35.0 Å². The molecule has 5 nitrogen and oxygen atoms in total. The number of anilines is 1. The molecule has 2 aromatic carbocycles. The smallest absolute Gasteiger partial charge is 0.231 e. The Balaban J connectivity index is 1.90. The van der Waals surface area contributed by atoms with E-state index >= 15 is 0 Å². The van der Waals surface area contributed by atoms with Gasteiger partial charge in [0.05, 0.1) is 33.4 Å². The molecule has 1 aliphatic rings. The van der Waals surface area contributed by atoms with Gasteiger partial charge in [-0.2, -0.15) is 0 Å². The number of aryl methyl sites for hydroxylation is 1. The van der Waals surface area contributed by atoms with Crippen LogP contribution in [-0.2, 0) is 17.6 Å². The molecule has 0 atom stereocenters. The van der Waals surface area contributed by atoms with Gasteiger partial charge in [0, 0.05) is 6.54 Å². The van der Waals surface area contributed by atoms with Crippen molar-refractivity contribution in [2.24, 2.45) is 0 Å². The first-order valence-electron chi connectivity index (χ1n) is 8.45. The number of benzene rings is 2. The summed E-state index contributed by atoms with van der Waals surface area (Å²) in [7, 11) is 4.58. The number of rotatable bonds is 5. The highest BCUT2D eigenvalue weighted by molar-refractivity contribution is 5.96. The van der Waals surface area contributed by atoms with E-state index in [2.05, 4.69) is 0 Å². The third kappa shape index (κ3) is 3.31. The number of carbonyl (C=O) groups is 1. The van der Waals surface area contributed by atoms with Crippen LogP contribution in [0.3, 0.4) is 0 Å². The first kappa shape index (κ1) is 18.0. The standard InChI is InChI=1S/C20H22FNO4/c1-24-16-10-13(11-17(25-2)20(16)26-3)12-18(23)22-9-5-7-14-6-4-8-15(21)19(14)22/h4,6,8,10-11H,5,7,9,12H2,1-3H3. The SMILES string of the molecule is COc1cc(CC(=O)N2CCCc3cccc(F)c32)cc(OC)c1OC. The van der Waals surface area contributed by atoms with E-state index in [1.54, 1.807) is 18.2 Å². The molecule has 0 spiro atoms. The number of para-hydroxylation sites is 1. The van der Waals surface area contributed by atoms with E-state index < -0.39 is 0 Å². The Morgan fingerprint density at radius 3 is 2.42 bits per heavy atom. The number of amides is 1. The Labute approximate surface area is 152 Å². The molecule has 1 amide bonds. The lowest BCUT2D eigenvalue weighted by Gasteiger charge is -2.30. The van der Waals surface area contributed by atoms with Crippen LogP contribution < -0.4 is 19.1 Å². The second-order valence-corrected chi connectivity index (χ2v) is 6.11. The van der Waals surface area contributed by atoms with Crippen LogP contribution in [0.1, 0.15) is 17.5 Å². The van der Waals surface area contributed by atoms with E-state index in [1.807, 2.05) is 6.07 Å². The van der Waals surface area contributed by atoms with Crippen molar-refractivity contribution in [1.29, 1.82) is 0 Å². The lowest BCUT2D eigenvalue weighted by molar-refractivity contribution is -0.118. The van der Waals surface area contributed by atoms with Crippen LogP contribution in [0.25, 0.3) is 0 Å². The van der Waals surface area contributed by atoms with Gasteiger partial charge < -0.3 is 19.1 Å². The van der Waals surface area contributed by atoms with Gasteiger partial charge in [-0.15, -0.1) is 0 Å². The minimum atomic E-state index is -0.361. The Hall–Kier alpha value is -2.76. The molecule has 1 heterocycles. The number of nitrogens with zero attached hydrogens (tertiary/aromatic N) is 1. The fourth-order valence-corrected chi connectivity index (χ4v) is 3.36. The Bertz CT molecular complexity index is 796. The van der Waals surface area contributed by atoms with Crippen molar-refractivity contribution in [1.82, 2.24) is 0 Å². The zero-order valence-corrected chi connectivity index (χ0v) is 15.2. The summed E-state index contributed by atoms with van der Waals surface area (Å²) in [6.07, 6.45) is 1.71. The molecule has 138 valence electrons. The van der Waals surface area contributed by atoms with Gasteiger partial charge >= 0.3 is 0 Å². The summed E-state index contributed by atoms with van der Waals surface area (Å²) in [5, 5.41) is 0. The van der Waals surface area contributed by atoms with Gasteiger partial charge in [-0.25, -0.2) is 4.39 Å². The monoisotopic (exact) mass is 359 g/mol. The maximum absolute atomic E-state index is 14.3. The molecule has 0 bridgehead atoms. The second-order valence-electron chi connectivity index (χ2n) is 6.11. The van der Waals surface area contributed by atoms with Crippen molar-refractivity contribution in [3.05, 3.63) is 47.3 Å². The zero-order chi connectivity index (χ0) is 18.7. The summed E-state index contributed by atoms with van der Waals surface area (Å²) in [5.74, 6) is 0.922. The first-order chi connectivity index (χ1) is 12.6. The number of halogens is 1. The molecular weight excluding hydrogens is 337 g/mol. The number of ether oxygens (including phenoxy) is 3. The molecule has 26 heavy (non-hydrogen) atoms. The Morgan fingerprint density at radius 1 is 1.12 bits per heavy atom. The van der Waals surface area contributed by atoms with E-state index in [1.165, 1.54) is 32.3 Å². The summed E-state index contributed by atoms with van der Waals surface area (Å²) >= 11 is 0. The highest BCUT2D eigenvalue weighted by Gasteiger charge is 2.26. The number of hydrogen-bond acceptors (Lipinski definition) is 4. The second kappa shape index (κ2) is 7.64. The van der Waals surface area contributed by atoms with Gasteiger partial charge in [-0.3, -0.25) is 4.79 Å². The van der Waals surface area contributed by atoms with Crippen LogP contribution in [0.2, 0.25) is 0 Å². The average Bonchev–Trinajstić information content (AvgIpc) is 2.66. The summed E-state index contributed by atoms with van der Waals surface area (Å²) < 4.78 is 30.3. The van der Waals surface area contributed by atoms with E-state index in [9.17, 15) is 9.18 Å². The van der Waals surface area contributed by atoms with Crippen molar-refractivity contribution < 1.29 is 23.4 Å². The first-order valence-corrected chi connectivity index (χ1v) is 8.45. The molecule has 0 N–H and O–H groups in total. The minimum Gasteiger partial charge on any atom is -0.493 e. The Morgan fingerprint density at radius 2 is 1.81 bits per heavy atom. The molecule has 0 saturated heterocycles. The number of fused-ring (bicyclic) bond motifs is 1. The van der Waals surface area contributed by atoms with Crippen molar-refractivity contribution in [3.8, 4) is 17.2 Å². The van der Waals surface area contributed by atoms with Crippen molar-refractivity contribution in [3.63, 3.8) is 0 Å². The molecule has 0 aromatic heterocycles. The Kier molecular flexibility index (Phi) is 5.30. The summed E-state index contributed by atoms with van der Waals surface area (Å²) in [4.78, 5) is 14.4. The molecule has 0 fully saturated rings. The molecule has 0 saturated carbocycles. The highest BCUT2D eigenvalue weighted by atomic mass is 19.1. The molecule has 2 aromatic rings. The maximum Gasteiger partial charge on any atom is 0.231 e. The van der Waals surface area contributed by atoms with Crippen LogP contribution in [0.4, 0.5) is 10.1 Å². The summed E-state index contributed by atoms with van der Waals surface area (Å²) in [6.45, 7) is 0.511. The van der Waals surface area contributed by atoms with Gasteiger partial charge in [0.25, 0.3) is 0 Å². The molecule has 1 aliphatic heterocycles. The largest absolute Gasteiger partial charge is 0.493 e. The summed E-state index contributed by atoms with van der Waals surface area (Å²) in [6, 6.07) is 8.43. The van der Waals surface area contributed by atoms with Crippen LogP contribution in [0, 0.1) is 5.82 Å². The van der Waals surface area contributed by atoms with Crippen molar-refractivity contribution in [2.75, 3.05) is 32.8 Å². The lowest BCUT2D eigenvalue weighted by Crippen LogP contribution is -2.37. The molecule has 3 rings (SSSR count). The third-order valence-corrected chi connectivity index (χ3v) is 4.55. The van der Waals surface area contributed by atoms with Crippen LogP contribution in [-0.4, -0.2) is 33.8 Å². The van der Waals surface area contributed by atoms with Crippen molar-refractivity contribution in [2.45, 2.75) is 19.3 Å². The predicted octanol–water partition coefficient (Wildman–Crippen LogP) is 3.37. The normalized spacial score (nSPS) is 13.2. The van der Waals surface area contributed by atoms with Gasteiger partial charge in [0.15, 0.2) is 11.5 Å². The van der Waals surface area contributed by atoms with E-state index in [0.717, 1.165) is 18.4 Å².